The van der Waals surface area contributed by atoms with Gasteiger partial charge in [-0.3, -0.25) is 0 Å². The van der Waals surface area contributed by atoms with Gasteiger partial charge >= 0.3 is 0 Å². The zero-order valence-corrected chi connectivity index (χ0v) is 5.19. The Hall–Kier alpha value is -0.300. The highest BCUT2D eigenvalue weighted by molar-refractivity contribution is 5.06. The molecule has 1 heteroatoms. The Bertz CT molecular complexity index is 96.6. The van der Waals surface area contributed by atoms with E-state index in [-0.39, 0.29) is 0 Å². The minimum atomic E-state index is 0.309. The van der Waals surface area contributed by atoms with Crippen LogP contribution < -0.4 is 5.73 Å². The summed E-state index contributed by atoms with van der Waals surface area (Å²) in [6.45, 7) is 3.87. The minimum absolute atomic E-state index is 0.309. The van der Waals surface area contributed by atoms with Crippen molar-refractivity contribution in [1.29, 1.82) is 0 Å². The fraction of sp³-hybridized carbons (Fsp3) is 0.714. The zero-order chi connectivity index (χ0) is 5.98. The van der Waals surface area contributed by atoms with Gasteiger partial charge < -0.3 is 5.73 Å². The predicted octanol–water partition coefficient (Wildman–Crippen LogP) is 1.44. The summed E-state index contributed by atoms with van der Waals surface area (Å²) in [6, 6.07) is 0.309. The Labute approximate surface area is 50.6 Å². The SMILES string of the molecule is C=C1CCCC[C@H]1N. The molecule has 1 atom stereocenters. The van der Waals surface area contributed by atoms with E-state index in [2.05, 4.69) is 6.58 Å². The fourth-order valence-corrected chi connectivity index (χ4v) is 1.11. The molecule has 1 fully saturated rings. The van der Waals surface area contributed by atoms with Crippen LogP contribution in [0.25, 0.3) is 0 Å². The van der Waals surface area contributed by atoms with Crippen LogP contribution in [0.15, 0.2) is 12.2 Å². The monoisotopic (exact) mass is 111 g/mol. The average molecular weight is 111 g/mol. The summed E-state index contributed by atoms with van der Waals surface area (Å²) < 4.78 is 0. The smallest absolute Gasteiger partial charge is 0.0250 e. The van der Waals surface area contributed by atoms with E-state index in [1.54, 1.807) is 0 Å². The number of nitrogens with two attached hydrogens (primary N) is 1. The van der Waals surface area contributed by atoms with E-state index in [4.69, 9.17) is 5.73 Å². The van der Waals surface area contributed by atoms with Crippen molar-refractivity contribution in [1.82, 2.24) is 0 Å². The lowest BCUT2D eigenvalue weighted by Crippen LogP contribution is -2.24. The molecule has 2 N–H and O–H groups in total. The molecule has 0 unspecified atom stereocenters. The first-order chi connectivity index (χ1) is 3.80. The predicted molar refractivity (Wildman–Crippen MR) is 35.6 cm³/mol. The average Bonchev–Trinajstić information content (AvgIpc) is 1.77. The van der Waals surface area contributed by atoms with Gasteiger partial charge in [0, 0.05) is 6.04 Å². The van der Waals surface area contributed by atoms with Crippen LogP contribution in [0.1, 0.15) is 25.7 Å². The second-order valence-electron chi connectivity index (χ2n) is 2.51. The Morgan fingerprint density at radius 3 is 2.62 bits per heavy atom. The van der Waals surface area contributed by atoms with Crippen LogP contribution in [-0.2, 0) is 0 Å². The summed E-state index contributed by atoms with van der Waals surface area (Å²) >= 11 is 0. The van der Waals surface area contributed by atoms with Gasteiger partial charge in [-0.15, -0.1) is 0 Å². The van der Waals surface area contributed by atoms with Crippen molar-refractivity contribution in [3.8, 4) is 0 Å². The van der Waals surface area contributed by atoms with Crippen molar-refractivity contribution in [3.05, 3.63) is 12.2 Å². The quantitative estimate of drug-likeness (QED) is 0.470. The van der Waals surface area contributed by atoms with Crippen molar-refractivity contribution in [2.45, 2.75) is 31.7 Å². The van der Waals surface area contributed by atoms with Gasteiger partial charge in [-0.2, -0.15) is 0 Å². The molecule has 0 amide bonds. The lowest BCUT2D eigenvalue weighted by molar-refractivity contribution is 0.538. The highest BCUT2D eigenvalue weighted by Crippen LogP contribution is 2.19. The van der Waals surface area contributed by atoms with Crippen molar-refractivity contribution in [3.63, 3.8) is 0 Å². The van der Waals surface area contributed by atoms with E-state index in [9.17, 15) is 0 Å². The number of hydrogen-bond acceptors (Lipinski definition) is 1. The molecule has 0 aromatic heterocycles. The lowest BCUT2D eigenvalue weighted by atomic mass is 9.92. The molecule has 0 aromatic rings. The minimum Gasteiger partial charge on any atom is -0.324 e. The first-order valence-electron chi connectivity index (χ1n) is 3.24. The van der Waals surface area contributed by atoms with Crippen LogP contribution >= 0.6 is 0 Å². The molecule has 46 valence electrons. The van der Waals surface area contributed by atoms with E-state index in [1.807, 2.05) is 0 Å². The summed E-state index contributed by atoms with van der Waals surface area (Å²) in [5, 5.41) is 0. The Morgan fingerprint density at radius 1 is 1.50 bits per heavy atom. The molecule has 1 aliphatic carbocycles. The normalized spacial score (nSPS) is 30.6. The Morgan fingerprint density at radius 2 is 2.25 bits per heavy atom. The van der Waals surface area contributed by atoms with Gasteiger partial charge in [0.2, 0.25) is 0 Å². The molecule has 1 aliphatic rings. The third-order valence-electron chi connectivity index (χ3n) is 1.79. The van der Waals surface area contributed by atoms with Crippen molar-refractivity contribution in [2.24, 2.45) is 5.73 Å². The van der Waals surface area contributed by atoms with Gasteiger partial charge in [0.25, 0.3) is 0 Å². The van der Waals surface area contributed by atoms with E-state index < -0.39 is 0 Å². The Balaban J connectivity index is 2.39. The molecule has 1 saturated carbocycles. The van der Waals surface area contributed by atoms with Gasteiger partial charge in [0.15, 0.2) is 0 Å². The zero-order valence-electron chi connectivity index (χ0n) is 5.19. The van der Waals surface area contributed by atoms with Gasteiger partial charge in [0.05, 0.1) is 0 Å². The molecule has 0 saturated heterocycles. The molecule has 0 heterocycles. The standard InChI is InChI=1S/C7H13N/c1-6-4-2-3-5-7(6)8/h7H,1-5,8H2/t7-/m1/s1. The second-order valence-corrected chi connectivity index (χ2v) is 2.51. The topological polar surface area (TPSA) is 26.0 Å². The molecular formula is C7H13N. The fourth-order valence-electron chi connectivity index (χ4n) is 1.11. The highest BCUT2D eigenvalue weighted by atomic mass is 14.6. The van der Waals surface area contributed by atoms with Crippen LogP contribution in [0.2, 0.25) is 0 Å². The van der Waals surface area contributed by atoms with Crippen molar-refractivity contribution >= 4 is 0 Å². The van der Waals surface area contributed by atoms with Crippen LogP contribution in [0.3, 0.4) is 0 Å². The molecule has 0 radical (unpaired) electrons. The molecule has 8 heavy (non-hydrogen) atoms. The molecule has 0 aromatic carbocycles. The molecule has 1 nitrogen and oxygen atoms in total. The maximum absolute atomic E-state index is 5.68. The van der Waals surface area contributed by atoms with E-state index >= 15 is 0 Å². The van der Waals surface area contributed by atoms with E-state index in [0.717, 1.165) is 12.8 Å². The van der Waals surface area contributed by atoms with Crippen LogP contribution in [0.5, 0.6) is 0 Å². The molecular weight excluding hydrogens is 98.1 g/mol. The maximum atomic E-state index is 5.68. The third-order valence-corrected chi connectivity index (χ3v) is 1.79. The van der Waals surface area contributed by atoms with Crippen LogP contribution in [-0.4, -0.2) is 6.04 Å². The first-order valence-corrected chi connectivity index (χ1v) is 3.24. The van der Waals surface area contributed by atoms with Crippen molar-refractivity contribution < 1.29 is 0 Å². The molecule has 0 spiro atoms. The van der Waals surface area contributed by atoms with Crippen LogP contribution in [0, 0.1) is 0 Å². The summed E-state index contributed by atoms with van der Waals surface area (Å²) in [5.41, 5.74) is 6.93. The van der Waals surface area contributed by atoms with E-state index in [1.165, 1.54) is 18.4 Å². The number of hydrogen-bond donors (Lipinski definition) is 1. The van der Waals surface area contributed by atoms with Gasteiger partial charge in [-0.25, -0.2) is 0 Å². The Kier molecular flexibility index (Phi) is 1.69. The van der Waals surface area contributed by atoms with Gasteiger partial charge in [-0.05, 0) is 19.3 Å². The van der Waals surface area contributed by atoms with Crippen molar-refractivity contribution in [2.75, 3.05) is 0 Å². The highest BCUT2D eigenvalue weighted by Gasteiger charge is 2.10. The third kappa shape index (κ3) is 1.10. The van der Waals surface area contributed by atoms with Gasteiger partial charge in [0.1, 0.15) is 0 Å². The molecule has 0 aliphatic heterocycles. The van der Waals surface area contributed by atoms with Crippen LogP contribution in [0.4, 0.5) is 0 Å². The largest absolute Gasteiger partial charge is 0.324 e. The lowest BCUT2D eigenvalue weighted by Gasteiger charge is -2.19. The van der Waals surface area contributed by atoms with E-state index in [0.29, 0.717) is 6.04 Å². The molecule has 1 rings (SSSR count). The summed E-state index contributed by atoms with van der Waals surface area (Å²) in [4.78, 5) is 0. The maximum Gasteiger partial charge on any atom is 0.0250 e. The summed E-state index contributed by atoms with van der Waals surface area (Å²) in [5.74, 6) is 0. The summed E-state index contributed by atoms with van der Waals surface area (Å²) in [6.07, 6.45) is 4.90. The second kappa shape index (κ2) is 2.31. The van der Waals surface area contributed by atoms with Gasteiger partial charge in [-0.1, -0.05) is 18.6 Å². The summed E-state index contributed by atoms with van der Waals surface area (Å²) in [7, 11) is 0. The number of rotatable bonds is 0. The first kappa shape index (κ1) is 5.83. The molecule has 0 bridgehead atoms.